The van der Waals surface area contributed by atoms with Crippen LogP contribution >= 0.6 is 0 Å². The van der Waals surface area contributed by atoms with Crippen LogP contribution in [0.25, 0.3) is 0 Å². The van der Waals surface area contributed by atoms with Crippen molar-refractivity contribution in [1.29, 1.82) is 0 Å². The van der Waals surface area contributed by atoms with Gasteiger partial charge in [0, 0.05) is 12.6 Å². The molecule has 1 aliphatic rings. The molecule has 1 aromatic rings. The van der Waals surface area contributed by atoms with Gasteiger partial charge in [-0.25, -0.2) is 18.0 Å². The van der Waals surface area contributed by atoms with Gasteiger partial charge >= 0.3 is 11.9 Å². The van der Waals surface area contributed by atoms with Crippen LogP contribution in [0.1, 0.15) is 46.9 Å². The Bertz CT molecular complexity index is 787. The predicted octanol–water partition coefficient (Wildman–Crippen LogP) is 1.41. The molecule has 0 amide bonds. The smallest absolute Gasteiger partial charge is 0.339 e. The Morgan fingerprint density at radius 2 is 1.78 bits per heavy atom. The number of nitrogens with one attached hydrogen (secondary N) is 1. The van der Waals surface area contributed by atoms with Gasteiger partial charge in [-0.1, -0.05) is 6.92 Å². The van der Waals surface area contributed by atoms with Gasteiger partial charge in [0.05, 0.1) is 30.2 Å². The predicted molar refractivity (Wildman–Crippen MR) is 99.2 cm³/mol. The molecule has 0 atom stereocenters. The number of nitrogens with zero attached hydrogens (tertiary/aromatic N) is 1. The number of sulfonamides is 1. The van der Waals surface area contributed by atoms with Crippen molar-refractivity contribution in [3.63, 3.8) is 0 Å². The first-order chi connectivity index (χ1) is 12.9. The van der Waals surface area contributed by atoms with Gasteiger partial charge in [-0.05, 0) is 50.6 Å². The zero-order chi connectivity index (χ0) is 20.0. The van der Waals surface area contributed by atoms with Gasteiger partial charge in [-0.15, -0.1) is 0 Å². The number of hydrogen-bond acceptors (Lipinski definition) is 7. The summed E-state index contributed by atoms with van der Waals surface area (Å²) in [7, 11) is -1.62. The molecule has 9 heteroatoms. The Morgan fingerprint density at radius 3 is 2.33 bits per heavy atom. The Balaban J connectivity index is 2.58. The Hall–Kier alpha value is -1.97. The molecule has 1 heterocycles. The Labute approximate surface area is 159 Å². The van der Waals surface area contributed by atoms with E-state index in [0.717, 1.165) is 13.1 Å². The van der Waals surface area contributed by atoms with Crippen LogP contribution in [0, 0.1) is 0 Å². The van der Waals surface area contributed by atoms with Crippen molar-refractivity contribution in [2.24, 2.45) is 0 Å². The number of piperidine rings is 1. The molecule has 27 heavy (non-hydrogen) atoms. The molecule has 150 valence electrons. The molecule has 1 fully saturated rings. The van der Waals surface area contributed by atoms with Crippen LogP contribution in [0.3, 0.4) is 0 Å². The fourth-order valence-corrected chi connectivity index (χ4v) is 5.18. The van der Waals surface area contributed by atoms with E-state index in [2.05, 4.69) is 10.1 Å². The monoisotopic (exact) mass is 398 g/mol. The third-order valence-corrected chi connectivity index (χ3v) is 6.55. The third-order valence-electron chi connectivity index (χ3n) is 4.55. The quantitative estimate of drug-likeness (QED) is 0.693. The number of benzene rings is 1. The van der Waals surface area contributed by atoms with Gasteiger partial charge in [-0.2, -0.15) is 4.31 Å². The number of esters is 2. The van der Waals surface area contributed by atoms with Gasteiger partial charge in [0.2, 0.25) is 10.0 Å². The largest absolute Gasteiger partial charge is 0.465 e. The van der Waals surface area contributed by atoms with Crippen molar-refractivity contribution in [2.45, 2.75) is 37.1 Å². The van der Waals surface area contributed by atoms with E-state index in [0.29, 0.717) is 25.8 Å². The molecule has 0 aliphatic carbocycles. The number of methoxy groups -OCH3 is 2. The molecule has 0 bridgehead atoms. The second kappa shape index (κ2) is 9.29. The number of rotatable bonds is 7. The van der Waals surface area contributed by atoms with E-state index in [1.54, 1.807) is 0 Å². The Morgan fingerprint density at radius 1 is 1.15 bits per heavy atom. The molecule has 0 spiro atoms. The average molecular weight is 398 g/mol. The minimum absolute atomic E-state index is 0.0606. The topological polar surface area (TPSA) is 102 Å². The maximum Gasteiger partial charge on any atom is 0.339 e. The molecule has 1 N–H and O–H groups in total. The first-order valence-corrected chi connectivity index (χ1v) is 10.3. The first-order valence-electron chi connectivity index (χ1n) is 8.90. The standard InChI is InChI=1S/C18H26N2O6S/c1-4-11-20(14-7-9-19-10-8-14)27(23,24)16-12-13(17(21)25-2)5-6-15(16)18(22)26-3/h5-6,12,14,19H,4,7-11H2,1-3H3. The fraction of sp³-hybridized carbons (Fsp3) is 0.556. The van der Waals surface area contributed by atoms with Crippen LogP contribution in [0.2, 0.25) is 0 Å². The van der Waals surface area contributed by atoms with Crippen LogP contribution in [0.15, 0.2) is 23.1 Å². The molecular weight excluding hydrogens is 372 g/mol. The normalized spacial score (nSPS) is 15.6. The highest BCUT2D eigenvalue weighted by molar-refractivity contribution is 7.89. The van der Waals surface area contributed by atoms with E-state index in [-0.39, 0.29) is 22.1 Å². The molecule has 0 unspecified atom stereocenters. The first kappa shape index (κ1) is 21.3. The summed E-state index contributed by atoms with van der Waals surface area (Å²) in [6, 6.07) is 3.67. The van der Waals surface area contributed by atoms with E-state index in [4.69, 9.17) is 4.74 Å². The zero-order valence-electron chi connectivity index (χ0n) is 15.9. The molecule has 0 aromatic heterocycles. The minimum atomic E-state index is -4.02. The van der Waals surface area contributed by atoms with Crippen molar-refractivity contribution in [3.8, 4) is 0 Å². The van der Waals surface area contributed by atoms with E-state index >= 15 is 0 Å². The van der Waals surface area contributed by atoms with Crippen LogP contribution in [0.4, 0.5) is 0 Å². The number of carbonyl (C=O) groups excluding carboxylic acids is 2. The van der Waals surface area contributed by atoms with Crippen LogP contribution in [-0.4, -0.2) is 64.6 Å². The van der Waals surface area contributed by atoms with Crippen LogP contribution < -0.4 is 5.32 Å². The van der Waals surface area contributed by atoms with Gasteiger partial charge in [0.1, 0.15) is 0 Å². The lowest BCUT2D eigenvalue weighted by molar-refractivity contribution is 0.0583. The van der Waals surface area contributed by atoms with Crippen LogP contribution in [-0.2, 0) is 19.5 Å². The maximum absolute atomic E-state index is 13.5. The molecule has 1 saturated heterocycles. The summed E-state index contributed by atoms with van der Waals surface area (Å²) in [5.41, 5.74) is -0.0364. The zero-order valence-corrected chi connectivity index (χ0v) is 16.7. The van der Waals surface area contributed by atoms with Crippen molar-refractivity contribution in [3.05, 3.63) is 29.3 Å². The molecule has 0 saturated carbocycles. The van der Waals surface area contributed by atoms with Crippen LogP contribution in [0.5, 0.6) is 0 Å². The van der Waals surface area contributed by atoms with Gasteiger partial charge in [0.25, 0.3) is 0 Å². The summed E-state index contributed by atoms with van der Waals surface area (Å²) in [5.74, 6) is -1.45. The highest BCUT2D eigenvalue weighted by Crippen LogP contribution is 2.27. The summed E-state index contributed by atoms with van der Waals surface area (Å²) < 4.78 is 37.8. The number of hydrogen-bond donors (Lipinski definition) is 1. The number of carbonyl (C=O) groups is 2. The summed E-state index contributed by atoms with van der Waals surface area (Å²) in [4.78, 5) is 23.8. The maximum atomic E-state index is 13.5. The Kier molecular flexibility index (Phi) is 7.34. The molecule has 8 nitrogen and oxygen atoms in total. The second-order valence-corrected chi connectivity index (χ2v) is 8.15. The minimum Gasteiger partial charge on any atom is -0.465 e. The SMILES string of the molecule is CCCN(C1CCNCC1)S(=O)(=O)c1cc(C(=O)OC)ccc1C(=O)OC. The average Bonchev–Trinajstić information content (AvgIpc) is 2.70. The van der Waals surface area contributed by atoms with Crippen molar-refractivity contribution in [2.75, 3.05) is 33.9 Å². The molecule has 1 aromatic carbocycles. The summed E-state index contributed by atoms with van der Waals surface area (Å²) in [6.07, 6.45) is 2.00. The summed E-state index contributed by atoms with van der Waals surface area (Å²) in [5, 5.41) is 3.22. The molecule has 0 radical (unpaired) electrons. The van der Waals surface area contributed by atoms with Gasteiger partial charge in [0.15, 0.2) is 0 Å². The lowest BCUT2D eigenvalue weighted by Crippen LogP contribution is -2.46. The van der Waals surface area contributed by atoms with E-state index in [1.807, 2.05) is 6.92 Å². The van der Waals surface area contributed by atoms with E-state index in [1.165, 1.54) is 36.7 Å². The van der Waals surface area contributed by atoms with E-state index < -0.39 is 22.0 Å². The highest BCUT2D eigenvalue weighted by atomic mass is 32.2. The van der Waals surface area contributed by atoms with Gasteiger partial charge in [-0.3, -0.25) is 0 Å². The lowest BCUT2D eigenvalue weighted by Gasteiger charge is -2.34. The van der Waals surface area contributed by atoms with E-state index in [9.17, 15) is 18.0 Å². The van der Waals surface area contributed by atoms with Crippen molar-refractivity contribution >= 4 is 22.0 Å². The lowest BCUT2D eigenvalue weighted by atomic mass is 10.1. The highest BCUT2D eigenvalue weighted by Gasteiger charge is 2.35. The fourth-order valence-electron chi connectivity index (χ4n) is 3.20. The third kappa shape index (κ3) is 4.66. The number of ether oxygens (including phenoxy) is 2. The van der Waals surface area contributed by atoms with Crippen molar-refractivity contribution in [1.82, 2.24) is 9.62 Å². The molecular formula is C18H26N2O6S. The van der Waals surface area contributed by atoms with Crippen molar-refractivity contribution < 1.29 is 27.5 Å². The summed E-state index contributed by atoms with van der Waals surface area (Å²) in [6.45, 7) is 3.69. The summed E-state index contributed by atoms with van der Waals surface area (Å²) >= 11 is 0. The van der Waals surface area contributed by atoms with Gasteiger partial charge < -0.3 is 14.8 Å². The molecule has 2 rings (SSSR count). The second-order valence-electron chi connectivity index (χ2n) is 6.29. The molecule has 1 aliphatic heterocycles.